The summed E-state index contributed by atoms with van der Waals surface area (Å²) in [6.07, 6.45) is 2.04. The minimum Gasteiger partial charge on any atom is -0.407 e. The molecule has 0 aliphatic rings. The predicted octanol–water partition coefficient (Wildman–Crippen LogP) is 1.04. The van der Waals surface area contributed by atoms with Crippen molar-refractivity contribution < 1.29 is 9.15 Å². The van der Waals surface area contributed by atoms with E-state index in [2.05, 4.69) is 22.4 Å². The molecule has 0 fully saturated rings. The van der Waals surface area contributed by atoms with E-state index in [1.54, 1.807) is 7.11 Å². The smallest absolute Gasteiger partial charge is 0.317 e. The molecule has 17 heavy (non-hydrogen) atoms. The summed E-state index contributed by atoms with van der Waals surface area (Å²) < 4.78 is 10.5. The van der Waals surface area contributed by atoms with Gasteiger partial charge < -0.3 is 19.4 Å². The number of hydrogen-bond acceptors (Lipinski definition) is 6. The average molecular weight is 242 g/mol. The monoisotopic (exact) mass is 242 g/mol. The number of aromatic nitrogens is 2. The summed E-state index contributed by atoms with van der Waals surface area (Å²) in [7, 11) is 3.64. The van der Waals surface area contributed by atoms with Crippen LogP contribution in [0.3, 0.4) is 0 Å². The van der Waals surface area contributed by atoms with Gasteiger partial charge in [-0.25, -0.2) is 0 Å². The Morgan fingerprint density at radius 3 is 2.94 bits per heavy atom. The lowest BCUT2D eigenvalue weighted by atomic mass is 10.4. The third-order valence-corrected chi connectivity index (χ3v) is 2.33. The number of anilines is 1. The van der Waals surface area contributed by atoms with Gasteiger partial charge in [-0.1, -0.05) is 12.0 Å². The SMILES string of the molecule is CCCNCc1nnc(N(C)CCCOC)o1. The van der Waals surface area contributed by atoms with Gasteiger partial charge in [0.2, 0.25) is 5.89 Å². The molecule has 0 radical (unpaired) electrons. The highest BCUT2D eigenvalue weighted by atomic mass is 16.5. The molecule has 1 aromatic heterocycles. The Morgan fingerprint density at radius 2 is 2.24 bits per heavy atom. The molecule has 1 rings (SSSR count). The third-order valence-electron chi connectivity index (χ3n) is 2.33. The van der Waals surface area contributed by atoms with Crippen molar-refractivity contribution in [3.8, 4) is 0 Å². The second-order valence-corrected chi connectivity index (χ2v) is 3.92. The van der Waals surface area contributed by atoms with Gasteiger partial charge in [0, 0.05) is 27.3 Å². The van der Waals surface area contributed by atoms with Crippen LogP contribution < -0.4 is 10.2 Å². The Labute approximate surface area is 102 Å². The second kappa shape index (κ2) is 8.03. The normalized spacial score (nSPS) is 10.8. The Morgan fingerprint density at radius 1 is 1.41 bits per heavy atom. The van der Waals surface area contributed by atoms with E-state index in [1.807, 2.05) is 11.9 Å². The molecule has 0 aliphatic heterocycles. The first-order chi connectivity index (χ1) is 8.27. The lowest BCUT2D eigenvalue weighted by Gasteiger charge is -2.12. The third kappa shape index (κ3) is 5.14. The zero-order valence-electron chi connectivity index (χ0n) is 10.9. The van der Waals surface area contributed by atoms with Crippen LogP contribution in [0.5, 0.6) is 0 Å². The Kier molecular flexibility index (Phi) is 6.57. The van der Waals surface area contributed by atoms with Crippen LogP contribution in [0.4, 0.5) is 6.01 Å². The van der Waals surface area contributed by atoms with Gasteiger partial charge in [0.05, 0.1) is 6.54 Å². The van der Waals surface area contributed by atoms with Crippen molar-refractivity contribution in [1.82, 2.24) is 15.5 Å². The molecule has 6 nitrogen and oxygen atoms in total. The fourth-order valence-corrected chi connectivity index (χ4v) is 1.38. The summed E-state index contributed by atoms with van der Waals surface area (Å²) in [5.74, 6) is 0.632. The first-order valence-electron chi connectivity index (χ1n) is 6.01. The molecule has 0 spiro atoms. The van der Waals surface area contributed by atoms with Crippen molar-refractivity contribution in [2.24, 2.45) is 0 Å². The van der Waals surface area contributed by atoms with Crippen LogP contribution in [0.25, 0.3) is 0 Å². The Bertz CT molecular complexity index is 303. The van der Waals surface area contributed by atoms with E-state index in [0.29, 0.717) is 18.5 Å². The van der Waals surface area contributed by atoms with E-state index in [0.717, 1.165) is 32.5 Å². The van der Waals surface area contributed by atoms with E-state index in [4.69, 9.17) is 9.15 Å². The Balaban J connectivity index is 2.33. The van der Waals surface area contributed by atoms with Crippen molar-refractivity contribution in [3.63, 3.8) is 0 Å². The predicted molar refractivity (Wildman–Crippen MR) is 66.1 cm³/mol. The van der Waals surface area contributed by atoms with Crippen LogP contribution in [0.1, 0.15) is 25.7 Å². The zero-order chi connectivity index (χ0) is 12.5. The summed E-state index contributed by atoms with van der Waals surface area (Å²) in [5.41, 5.74) is 0. The van der Waals surface area contributed by atoms with Crippen LogP contribution in [-0.4, -0.2) is 44.1 Å². The van der Waals surface area contributed by atoms with E-state index in [9.17, 15) is 0 Å². The molecule has 0 aromatic carbocycles. The highest BCUT2D eigenvalue weighted by Gasteiger charge is 2.09. The van der Waals surface area contributed by atoms with Gasteiger partial charge in [-0.3, -0.25) is 0 Å². The zero-order valence-corrected chi connectivity index (χ0v) is 10.9. The molecular weight excluding hydrogens is 220 g/mol. The summed E-state index contributed by atoms with van der Waals surface area (Å²) in [5, 5.41) is 11.2. The number of nitrogens with zero attached hydrogens (tertiary/aromatic N) is 3. The number of rotatable bonds is 9. The molecule has 0 saturated heterocycles. The number of nitrogens with one attached hydrogen (secondary N) is 1. The van der Waals surface area contributed by atoms with Gasteiger partial charge in [0.1, 0.15) is 0 Å². The van der Waals surface area contributed by atoms with Crippen molar-refractivity contribution in [2.75, 3.05) is 38.8 Å². The van der Waals surface area contributed by atoms with Crippen LogP contribution in [-0.2, 0) is 11.3 Å². The second-order valence-electron chi connectivity index (χ2n) is 3.92. The minimum atomic E-state index is 0.564. The largest absolute Gasteiger partial charge is 0.407 e. The lowest BCUT2D eigenvalue weighted by Crippen LogP contribution is -2.20. The molecule has 0 amide bonds. The van der Waals surface area contributed by atoms with E-state index in [-0.39, 0.29) is 0 Å². The number of hydrogen-bond donors (Lipinski definition) is 1. The summed E-state index contributed by atoms with van der Waals surface area (Å²) >= 11 is 0. The van der Waals surface area contributed by atoms with Gasteiger partial charge in [0.15, 0.2) is 0 Å². The van der Waals surface area contributed by atoms with Gasteiger partial charge >= 0.3 is 6.01 Å². The van der Waals surface area contributed by atoms with Crippen molar-refractivity contribution in [2.45, 2.75) is 26.3 Å². The standard InChI is InChI=1S/C11H22N4O2/c1-4-6-12-9-10-13-14-11(17-10)15(2)7-5-8-16-3/h12H,4-9H2,1-3H3. The number of ether oxygens (including phenoxy) is 1. The van der Waals surface area contributed by atoms with E-state index >= 15 is 0 Å². The molecular formula is C11H22N4O2. The van der Waals surface area contributed by atoms with Crippen LogP contribution in [0, 0.1) is 0 Å². The van der Waals surface area contributed by atoms with Crippen molar-refractivity contribution in [1.29, 1.82) is 0 Å². The van der Waals surface area contributed by atoms with Gasteiger partial charge in [0.25, 0.3) is 0 Å². The molecule has 98 valence electrons. The minimum absolute atomic E-state index is 0.564. The van der Waals surface area contributed by atoms with Crippen LogP contribution >= 0.6 is 0 Å². The maximum Gasteiger partial charge on any atom is 0.317 e. The van der Waals surface area contributed by atoms with E-state index in [1.165, 1.54) is 0 Å². The molecule has 0 unspecified atom stereocenters. The molecule has 0 bridgehead atoms. The molecule has 0 saturated carbocycles. The highest BCUT2D eigenvalue weighted by Crippen LogP contribution is 2.10. The molecule has 1 heterocycles. The van der Waals surface area contributed by atoms with Gasteiger partial charge in [-0.2, -0.15) is 0 Å². The first-order valence-corrected chi connectivity index (χ1v) is 6.01. The van der Waals surface area contributed by atoms with Crippen LogP contribution in [0.15, 0.2) is 4.42 Å². The lowest BCUT2D eigenvalue weighted by molar-refractivity contribution is 0.196. The molecule has 1 aromatic rings. The van der Waals surface area contributed by atoms with E-state index < -0.39 is 0 Å². The quantitative estimate of drug-likeness (QED) is 0.653. The molecule has 6 heteroatoms. The summed E-state index contributed by atoms with van der Waals surface area (Å²) in [6.45, 7) is 5.30. The summed E-state index contributed by atoms with van der Waals surface area (Å²) in [4.78, 5) is 1.94. The maximum absolute atomic E-state index is 5.52. The summed E-state index contributed by atoms with van der Waals surface area (Å²) in [6, 6.07) is 0.564. The first kappa shape index (κ1) is 13.9. The van der Waals surface area contributed by atoms with Crippen molar-refractivity contribution in [3.05, 3.63) is 5.89 Å². The topological polar surface area (TPSA) is 63.4 Å². The maximum atomic E-state index is 5.52. The molecule has 0 atom stereocenters. The fourth-order valence-electron chi connectivity index (χ4n) is 1.38. The van der Waals surface area contributed by atoms with Gasteiger partial charge in [-0.15, -0.1) is 5.10 Å². The highest BCUT2D eigenvalue weighted by molar-refractivity contribution is 5.21. The van der Waals surface area contributed by atoms with Crippen molar-refractivity contribution >= 4 is 6.01 Å². The van der Waals surface area contributed by atoms with Crippen LogP contribution in [0.2, 0.25) is 0 Å². The molecule has 0 aliphatic carbocycles. The Hall–Kier alpha value is -1.14. The number of methoxy groups -OCH3 is 1. The fraction of sp³-hybridized carbons (Fsp3) is 0.818. The average Bonchev–Trinajstić information content (AvgIpc) is 2.78. The van der Waals surface area contributed by atoms with Gasteiger partial charge in [-0.05, 0) is 19.4 Å². The molecule has 1 N–H and O–H groups in total.